The van der Waals surface area contributed by atoms with Crippen LogP contribution in [-0.4, -0.2) is 18.4 Å². The molecule has 0 aliphatic rings. The Bertz CT molecular complexity index is 535. The normalized spacial score (nSPS) is 10.9. The summed E-state index contributed by atoms with van der Waals surface area (Å²) in [5.41, 5.74) is 2.79. The zero-order valence-electron chi connectivity index (χ0n) is 12.9. The number of ketones is 1. The number of carbonyl (C=O) groups excluding carboxylic acids is 2. The number of allylic oxidation sites excluding steroid dienone is 3. The van der Waals surface area contributed by atoms with Gasteiger partial charge in [-0.1, -0.05) is 47.6 Å². The summed E-state index contributed by atoms with van der Waals surface area (Å²) in [7, 11) is 0. The first-order chi connectivity index (χ1) is 10.0. The number of esters is 1. The SMILES string of the molecule is CC(C)=CCC/C(C)=C\COC(=O)C(=O)c1ccccc1. The molecule has 0 aliphatic heterocycles. The van der Waals surface area contributed by atoms with Gasteiger partial charge in [-0.2, -0.15) is 0 Å². The fourth-order valence-corrected chi connectivity index (χ4v) is 1.72. The first kappa shape index (κ1) is 16.9. The highest BCUT2D eigenvalue weighted by Crippen LogP contribution is 2.07. The van der Waals surface area contributed by atoms with Crippen molar-refractivity contribution in [2.45, 2.75) is 33.6 Å². The van der Waals surface area contributed by atoms with Gasteiger partial charge < -0.3 is 4.74 Å². The van der Waals surface area contributed by atoms with E-state index in [-0.39, 0.29) is 6.61 Å². The maximum Gasteiger partial charge on any atom is 0.379 e. The number of hydrogen-bond acceptors (Lipinski definition) is 3. The zero-order valence-corrected chi connectivity index (χ0v) is 12.9. The molecule has 3 nitrogen and oxygen atoms in total. The molecule has 1 aromatic carbocycles. The van der Waals surface area contributed by atoms with E-state index in [9.17, 15) is 9.59 Å². The van der Waals surface area contributed by atoms with E-state index in [0.29, 0.717) is 5.56 Å². The molecule has 1 aromatic rings. The topological polar surface area (TPSA) is 43.4 Å². The second-order valence-electron chi connectivity index (χ2n) is 5.16. The number of ether oxygens (including phenoxy) is 1. The van der Waals surface area contributed by atoms with Crippen molar-refractivity contribution in [3.05, 3.63) is 59.2 Å². The molecule has 0 fully saturated rings. The van der Waals surface area contributed by atoms with Gasteiger partial charge in [-0.3, -0.25) is 4.79 Å². The molecule has 0 spiro atoms. The monoisotopic (exact) mass is 286 g/mol. The third kappa shape index (κ3) is 6.70. The number of benzene rings is 1. The maximum absolute atomic E-state index is 11.8. The molecular weight excluding hydrogens is 264 g/mol. The lowest BCUT2D eigenvalue weighted by atomic mass is 10.1. The summed E-state index contributed by atoms with van der Waals surface area (Å²) >= 11 is 0. The van der Waals surface area contributed by atoms with E-state index in [1.807, 2.05) is 13.0 Å². The molecule has 0 radical (unpaired) electrons. The van der Waals surface area contributed by atoms with Crippen molar-refractivity contribution in [2.24, 2.45) is 0 Å². The number of carbonyl (C=O) groups is 2. The minimum atomic E-state index is -0.811. The van der Waals surface area contributed by atoms with Crippen LogP contribution in [0.25, 0.3) is 0 Å². The maximum atomic E-state index is 11.8. The molecule has 0 aromatic heterocycles. The van der Waals surface area contributed by atoms with Crippen molar-refractivity contribution in [1.82, 2.24) is 0 Å². The average Bonchev–Trinajstić information content (AvgIpc) is 2.46. The zero-order chi connectivity index (χ0) is 15.7. The van der Waals surface area contributed by atoms with E-state index in [1.165, 1.54) is 5.57 Å². The van der Waals surface area contributed by atoms with Crippen LogP contribution >= 0.6 is 0 Å². The van der Waals surface area contributed by atoms with E-state index in [2.05, 4.69) is 19.9 Å². The van der Waals surface area contributed by atoms with Crippen LogP contribution < -0.4 is 0 Å². The van der Waals surface area contributed by atoms with Crippen LogP contribution in [0.15, 0.2) is 53.6 Å². The van der Waals surface area contributed by atoms with Crippen LogP contribution in [0.1, 0.15) is 44.0 Å². The van der Waals surface area contributed by atoms with Crippen LogP contribution in [0.2, 0.25) is 0 Å². The van der Waals surface area contributed by atoms with Gasteiger partial charge in [0, 0.05) is 5.56 Å². The third-order valence-electron chi connectivity index (χ3n) is 2.96. The summed E-state index contributed by atoms with van der Waals surface area (Å²) < 4.78 is 4.98. The predicted octanol–water partition coefficient (Wildman–Crippen LogP) is 4.11. The summed E-state index contributed by atoms with van der Waals surface area (Å²) in [6, 6.07) is 8.43. The predicted molar refractivity (Wildman–Crippen MR) is 84.2 cm³/mol. The van der Waals surface area contributed by atoms with Gasteiger partial charge >= 0.3 is 5.97 Å². The lowest BCUT2D eigenvalue weighted by Crippen LogP contribution is -2.17. The van der Waals surface area contributed by atoms with E-state index < -0.39 is 11.8 Å². The Morgan fingerprint density at radius 1 is 1.05 bits per heavy atom. The van der Waals surface area contributed by atoms with Crippen molar-refractivity contribution >= 4 is 11.8 Å². The van der Waals surface area contributed by atoms with Gasteiger partial charge in [-0.05, 0) is 39.7 Å². The lowest BCUT2D eigenvalue weighted by molar-refractivity contribution is -0.136. The summed E-state index contributed by atoms with van der Waals surface area (Å²) in [6.45, 7) is 6.26. The summed E-state index contributed by atoms with van der Waals surface area (Å²) in [5, 5.41) is 0. The van der Waals surface area contributed by atoms with Crippen molar-refractivity contribution in [2.75, 3.05) is 6.61 Å². The molecule has 0 saturated carbocycles. The average molecular weight is 286 g/mol. The van der Waals surface area contributed by atoms with E-state index in [1.54, 1.807) is 30.3 Å². The molecule has 0 atom stereocenters. The Hall–Kier alpha value is -2.16. The third-order valence-corrected chi connectivity index (χ3v) is 2.96. The molecule has 0 aliphatic carbocycles. The Morgan fingerprint density at radius 2 is 1.71 bits per heavy atom. The highest BCUT2D eigenvalue weighted by molar-refractivity contribution is 6.40. The van der Waals surface area contributed by atoms with Crippen LogP contribution in [0, 0.1) is 0 Å². The molecule has 0 heterocycles. The van der Waals surface area contributed by atoms with Gasteiger partial charge in [0.1, 0.15) is 6.61 Å². The van der Waals surface area contributed by atoms with E-state index in [0.717, 1.165) is 18.4 Å². The van der Waals surface area contributed by atoms with Crippen molar-refractivity contribution in [1.29, 1.82) is 0 Å². The lowest BCUT2D eigenvalue weighted by Gasteiger charge is -2.03. The van der Waals surface area contributed by atoms with Gasteiger partial charge in [0.05, 0.1) is 0 Å². The van der Waals surface area contributed by atoms with Gasteiger partial charge in [0.15, 0.2) is 0 Å². The quantitative estimate of drug-likeness (QED) is 0.328. The molecule has 0 amide bonds. The Kier molecular flexibility index (Phi) is 7.16. The van der Waals surface area contributed by atoms with E-state index >= 15 is 0 Å². The minimum absolute atomic E-state index is 0.137. The molecule has 112 valence electrons. The van der Waals surface area contributed by atoms with Crippen LogP contribution in [0.4, 0.5) is 0 Å². The molecule has 0 N–H and O–H groups in total. The number of rotatable bonds is 7. The van der Waals surface area contributed by atoms with Crippen molar-refractivity contribution < 1.29 is 14.3 Å². The second-order valence-corrected chi connectivity index (χ2v) is 5.16. The second kappa shape index (κ2) is 8.90. The molecule has 0 unspecified atom stereocenters. The first-order valence-corrected chi connectivity index (χ1v) is 7.06. The first-order valence-electron chi connectivity index (χ1n) is 7.06. The van der Waals surface area contributed by atoms with Crippen LogP contribution in [0.3, 0.4) is 0 Å². The molecule has 1 rings (SSSR count). The number of Topliss-reactive ketones (excluding diaryl/α,β-unsaturated/α-hetero) is 1. The van der Waals surface area contributed by atoms with Gasteiger partial charge in [0.2, 0.25) is 0 Å². The minimum Gasteiger partial charge on any atom is -0.455 e. The molecular formula is C18H22O3. The molecule has 3 heteroatoms. The number of hydrogen-bond donors (Lipinski definition) is 0. The molecule has 21 heavy (non-hydrogen) atoms. The fraction of sp³-hybridized carbons (Fsp3) is 0.333. The van der Waals surface area contributed by atoms with Crippen molar-refractivity contribution in [3.8, 4) is 0 Å². The van der Waals surface area contributed by atoms with Gasteiger partial charge in [0.25, 0.3) is 5.78 Å². The highest BCUT2D eigenvalue weighted by Gasteiger charge is 2.16. The fourth-order valence-electron chi connectivity index (χ4n) is 1.72. The van der Waals surface area contributed by atoms with Crippen LogP contribution in [-0.2, 0) is 9.53 Å². The Labute approximate surface area is 126 Å². The summed E-state index contributed by atoms with van der Waals surface area (Å²) in [6.07, 6.45) is 5.91. The Balaban J connectivity index is 2.39. The highest BCUT2D eigenvalue weighted by atomic mass is 16.5. The molecule has 0 bridgehead atoms. The standard InChI is InChI=1S/C18H22O3/c1-14(2)8-7-9-15(3)12-13-21-18(20)17(19)16-10-5-4-6-11-16/h4-6,8,10-12H,7,9,13H2,1-3H3/b15-12-. The van der Waals surface area contributed by atoms with Crippen LogP contribution in [0.5, 0.6) is 0 Å². The van der Waals surface area contributed by atoms with E-state index in [4.69, 9.17) is 4.74 Å². The Morgan fingerprint density at radius 3 is 2.33 bits per heavy atom. The van der Waals surface area contributed by atoms with Gasteiger partial charge in [-0.25, -0.2) is 4.79 Å². The summed E-state index contributed by atoms with van der Waals surface area (Å²) in [4.78, 5) is 23.4. The van der Waals surface area contributed by atoms with Crippen molar-refractivity contribution in [3.63, 3.8) is 0 Å². The summed E-state index contributed by atoms with van der Waals surface area (Å²) in [5.74, 6) is -1.42. The largest absolute Gasteiger partial charge is 0.455 e. The van der Waals surface area contributed by atoms with Gasteiger partial charge in [-0.15, -0.1) is 0 Å². The molecule has 0 saturated heterocycles. The smallest absolute Gasteiger partial charge is 0.379 e.